The van der Waals surface area contributed by atoms with E-state index in [0.29, 0.717) is 0 Å². The van der Waals surface area contributed by atoms with Gasteiger partial charge in [-0.2, -0.15) is 0 Å². The van der Waals surface area contributed by atoms with Gasteiger partial charge in [0.05, 0.1) is 0 Å². The zero-order valence-electron chi connectivity index (χ0n) is 12.6. The van der Waals surface area contributed by atoms with Gasteiger partial charge in [-0.3, -0.25) is 0 Å². The maximum atomic E-state index is 2.32. The van der Waals surface area contributed by atoms with Crippen molar-refractivity contribution in [2.45, 2.75) is 45.4 Å². The van der Waals surface area contributed by atoms with Crippen molar-refractivity contribution in [3.05, 3.63) is 60.7 Å². The molecule has 0 amide bonds. The first kappa shape index (κ1) is 14.8. The Morgan fingerprint density at radius 1 is 0.700 bits per heavy atom. The second kappa shape index (κ2) is 8.58. The van der Waals surface area contributed by atoms with E-state index in [-0.39, 0.29) is 0 Å². The van der Waals surface area contributed by atoms with Crippen LogP contribution in [0.25, 0.3) is 11.1 Å². The molecular weight excluding hydrogens is 240 g/mol. The zero-order chi connectivity index (χ0) is 14.0. The van der Waals surface area contributed by atoms with Gasteiger partial charge in [0.15, 0.2) is 0 Å². The van der Waals surface area contributed by atoms with Crippen molar-refractivity contribution in [3.63, 3.8) is 0 Å². The van der Waals surface area contributed by atoms with Crippen LogP contribution in [0.1, 0.15) is 45.4 Å². The van der Waals surface area contributed by atoms with E-state index in [1.54, 1.807) is 0 Å². The fraction of sp³-hybridized carbons (Fsp3) is 0.400. The van der Waals surface area contributed by atoms with Crippen molar-refractivity contribution >= 4 is 0 Å². The Kier molecular flexibility index (Phi) is 6.37. The molecule has 0 atom stereocenters. The Bertz CT molecular complexity index is 414. The molecule has 2 aromatic rings. The van der Waals surface area contributed by atoms with Crippen LogP contribution in [0.4, 0.5) is 0 Å². The molecule has 0 heterocycles. The lowest BCUT2D eigenvalue weighted by Crippen LogP contribution is -2.03. The minimum atomic E-state index is 1.09. The summed E-state index contributed by atoms with van der Waals surface area (Å²) < 4.78 is 0. The van der Waals surface area contributed by atoms with Crippen LogP contribution in [0.15, 0.2) is 60.7 Å². The summed E-state index contributed by atoms with van der Waals surface area (Å²) in [5, 5.41) is 0. The van der Waals surface area contributed by atoms with Crippen molar-refractivity contribution in [1.29, 1.82) is 0 Å². The molecule has 2 aromatic carbocycles. The summed E-state index contributed by atoms with van der Waals surface area (Å²) in [6, 6.07) is 20.8. The van der Waals surface area contributed by atoms with Gasteiger partial charge < -0.3 is 0 Å². The molecule has 1 saturated carbocycles. The monoisotopic (exact) mass is 266 g/mol. The van der Waals surface area contributed by atoms with E-state index in [4.69, 9.17) is 0 Å². The molecule has 20 heavy (non-hydrogen) atoms. The van der Waals surface area contributed by atoms with Crippen molar-refractivity contribution in [2.24, 2.45) is 5.92 Å². The molecule has 0 unspecified atom stereocenters. The van der Waals surface area contributed by atoms with Crippen molar-refractivity contribution in [3.8, 4) is 11.1 Å². The Morgan fingerprint density at radius 2 is 1.15 bits per heavy atom. The van der Waals surface area contributed by atoms with Crippen LogP contribution in [0.2, 0.25) is 0 Å². The minimum absolute atomic E-state index is 1.09. The molecule has 1 aliphatic rings. The Morgan fingerprint density at radius 3 is 1.50 bits per heavy atom. The van der Waals surface area contributed by atoms with Gasteiger partial charge in [-0.05, 0) is 17.0 Å². The van der Waals surface area contributed by atoms with E-state index in [2.05, 4.69) is 55.5 Å². The number of hydrogen-bond donors (Lipinski definition) is 0. The van der Waals surface area contributed by atoms with Crippen LogP contribution in [0, 0.1) is 5.92 Å². The molecular formula is C20H26. The highest BCUT2D eigenvalue weighted by Gasteiger charge is 2.09. The van der Waals surface area contributed by atoms with E-state index in [1.807, 2.05) is 12.1 Å². The molecule has 0 heteroatoms. The highest BCUT2D eigenvalue weighted by molar-refractivity contribution is 5.62. The van der Waals surface area contributed by atoms with Crippen LogP contribution in [-0.2, 0) is 0 Å². The molecule has 0 aromatic heterocycles. The van der Waals surface area contributed by atoms with E-state index in [0.717, 1.165) is 5.92 Å². The molecule has 0 bridgehead atoms. The van der Waals surface area contributed by atoms with Crippen LogP contribution in [0.5, 0.6) is 0 Å². The van der Waals surface area contributed by atoms with Gasteiger partial charge in [0, 0.05) is 0 Å². The van der Waals surface area contributed by atoms with Crippen molar-refractivity contribution < 1.29 is 0 Å². The summed E-state index contributed by atoms with van der Waals surface area (Å²) in [5.41, 5.74) is 2.55. The third-order valence-electron chi connectivity index (χ3n) is 4.18. The topological polar surface area (TPSA) is 0 Å². The first-order chi connectivity index (χ1) is 9.90. The van der Waals surface area contributed by atoms with E-state index >= 15 is 0 Å². The summed E-state index contributed by atoms with van der Waals surface area (Å²) >= 11 is 0. The van der Waals surface area contributed by atoms with E-state index < -0.39 is 0 Å². The quantitative estimate of drug-likeness (QED) is 0.595. The van der Waals surface area contributed by atoms with Crippen LogP contribution >= 0.6 is 0 Å². The normalized spacial score (nSPS) is 15.2. The fourth-order valence-electron chi connectivity index (χ4n) is 2.86. The van der Waals surface area contributed by atoms with Gasteiger partial charge in [-0.25, -0.2) is 0 Å². The Hall–Kier alpha value is -1.56. The summed E-state index contributed by atoms with van der Waals surface area (Å²) in [4.78, 5) is 0. The molecule has 3 rings (SSSR count). The molecule has 0 aliphatic heterocycles. The molecule has 0 N–H and O–H groups in total. The molecule has 0 saturated heterocycles. The van der Waals surface area contributed by atoms with Crippen LogP contribution in [-0.4, -0.2) is 0 Å². The smallest absolute Gasteiger partial charge is 0.0184 e. The summed E-state index contributed by atoms with van der Waals surface area (Å²) in [7, 11) is 0. The van der Waals surface area contributed by atoms with Gasteiger partial charge in [0.2, 0.25) is 0 Å². The second-order valence-corrected chi connectivity index (χ2v) is 5.64. The largest absolute Gasteiger partial charge is 0.0651 e. The predicted molar refractivity (Wildman–Crippen MR) is 88.7 cm³/mol. The van der Waals surface area contributed by atoms with Gasteiger partial charge in [-0.1, -0.05) is 106 Å². The highest BCUT2D eigenvalue weighted by Crippen LogP contribution is 2.25. The fourth-order valence-corrected chi connectivity index (χ4v) is 2.86. The number of benzene rings is 2. The van der Waals surface area contributed by atoms with E-state index in [1.165, 1.54) is 49.7 Å². The van der Waals surface area contributed by atoms with Gasteiger partial charge in [0.1, 0.15) is 0 Å². The molecule has 106 valence electrons. The third kappa shape index (κ3) is 4.85. The van der Waals surface area contributed by atoms with E-state index in [9.17, 15) is 0 Å². The average Bonchev–Trinajstić information content (AvgIpc) is 2.58. The molecule has 0 radical (unpaired) electrons. The molecule has 0 nitrogen and oxygen atoms in total. The Labute approximate surface area is 123 Å². The number of rotatable bonds is 2. The molecule has 0 spiro atoms. The first-order valence-electron chi connectivity index (χ1n) is 8.00. The van der Waals surface area contributed by atoms with Gasteiger partial charge >= 0.3 is 0 Å². The lowest BCUT2D eigenvalue weighted by Gasteiger charge is -2.18. The maximum Gasteiger partial charge on any atom is -0.0184 e. The third-order valence-corrected chi connectivity index (χ3v) is 4.18. The van der Waals surface area contributed by atoms with Gasteiger partial charge in [0.25, 0.3) is 0 Å². The zero-order valence-corrected chi connectivity index (χ0v) is 12.6. The summed E-state index contributed by atoms with van der Waals surface area (Å²) in [5.74, 6) is 1.09. The standard InChI is InChI=1S/C12H10.C8H16/c1-3-7-11(8-4-1)12-9-5-2-6-10-12;1-2-8-6-4-3-5-7-8/h1-10H;8H,2-7H2,1H3. The molecule has 1 aliphatic carbocycles. The van der Waals surface area contributed by atoms with Gasteiger partial charge in [-0.15, -0.1) is 0 Å². The summed E-state index contributed by atoms with van der Waals surface area (Å²) in [6.45, 7) is 2.32. The van der Waals surface area contributed by atoms with Crippen molar-refractivity contribution in [1.82, 2.24) is 0 Å². The second-order valence-electron chi connectivity index (χ2n) is 5.64. The average molecular weight is 266 g/mol. The molecule has 1 fully saturated rings. The number of hydrogen-bond acceptors (Lipinski definition) is 0. The van der Waals surface area contributed by atoms with Crippen LogP contribution in [0.3, 0.4) is 0 Å². The highest BCUT2D eigenvalue weighted by atomic mass is 14.2. The maximum absolute atomic E-state index is 2.32. The first-order valence-corrected chi connectivity index (χ1v) is 8.00. The van der Waals surface area contributed by atoms with Crippen LogP contribution < -0.4 is 0 Å². The predicted octanol–water partition coefficient (Wildman–Crippen LogP) is 6.33. The lowest BCUT2D eigenvalue weighted by molar-refractivity contribution is 0.349. The SMILES string of the molecule is CCC1CCCCC1.c1ccc(-c2ccccc2)cc1. The minimum Gasteiger partial charge on any atom is -0.0651 e. The lowest BCUT2D eigenvalue weighted by atomic mass is 9.88. The summed E-state index contributed by atoms with van der Waals surface area (Å²) in [6.07, 6.45) is 8.93. The Balaban J connectivity index is 0.000000160. The van der Waals surface area contributed by atoms with Crippen molar-refractivity contribution in [2.75, 3.05) is 0 Å².